The molecule has 1 aromatic rings. The van der Waals surface area contributed by atoms with E-state index in [1.807, 2.05) is 0 Å². The van der Waals surface area contributed by atoms with Crippen molar-refractivity contribution in [2.75, 3.05) is 5.32 Å². The molecule has 78 valence electrons. The molecule has 2 N–H and O–H groups in total. The Morgan fingerprint density at radius 3 is 2.67 bits per heavy atom. The highest BCUT2D eigenvalue weighted by molar-refractivity contribution is 6.04. The van der Waals surface area contributed by atoms with E-state index < -0.39 is 17.7 Å². The molecule has 0 fully saturated rings. The summed E-state index contributed by atoms with van der Waals surface area (Å²) >= 11 is 0. The fraction of sp³-hybridized carbons (Fsp3) is 0. The largest absolute Gasteiger partial charge is 0.478 e. The summed E-state index contributed by atoms with van der Waals surface area (Å²) in [5.74, 6) is -2.54. The van der Waals surface area contributed by atoms with Crippen LogP contribution in [-0.2, 0) is 4.79 Å². The van der Waals surface area contributed by atoms with Crippen LogP contribution in [0.1, 0.15) is 10.4 Å². The maximum Gasteiger partial charge on any atom is 0.337 e. The molecule has 0 aliphatic rings. The van der Waals surface area contributed by atoms with Crippen LogP contribution >= 0.6 is 0 Å². The van der Waals surface area contributed by atoms with Gasteiger partial charge in [-0.2, -0.15) is 0 Å². The number of aromatic carboxylic acids is 1. The molecule has 5 heteroatoms. The zero-order valence-electron chi connectivity index (χ0n) is 7.66. The van der Waals surface area contributed by atoms with E-state index in [1.165, 1.54) is 6.07 Å². The van der Waals surface area contributed by atoms with E-state index in [2.05, 4.69) is 11.9 Å². The molecule has 0 spiro atoms. The minimum absolute atomic E-state index is 0.0359. The Bertz CT molecular complexity index is 429. The van der Waals surface area contributed by atoms with E-state index in [4.69, 9.17) is 5.11 Å². The highest BCUT2D eigenvalue weighted by atomic mass is 19.1. The maximum atomic E-state index is 12.7. The Kier molecular flexibility index (Phi) is 3.17. The quantitative estimate of drug-likeness (QED) is 0.744. The fourth-order valence-corrected chi connectivity index (χ4v) is 0.986. The van der Waals surface area contributed by atoms with Gasteiger partial charge in [-0.1, -0.05) is 6.58 Å². The third-order valence-electron chi connectivity index (χ3n) is 1.66. The molecule has 0 saturated carbocycles. The number of hydrogen-bond donors (Lipinski definition) is 2. The van der Waals surface area contributed by atoms with Crippen molar-refractivity contribution in [2.45, 2.75) is 0 Å². The zero-order chi connectivity index (χ0) is 11.4. The van der Waals surface area contributed by atoms with Gasteiger partial charge < -0.3 is 10.4 Å². The third-order valence-corrected chi connectivity index (χ3v) is 1.66. The van der Waals surface area contributed by atoms with Gasteiger partial charge in [0.25, 0.3) is 0 Å². The number of carboxylic acid groups (broad SMARTS) is 1. The topological polar surface area (TPSA) is 66.4 Å². The number of hydrogen-bond acceptors (Lipinski definition) is 2. The lowest BCUT2D eigenvalue weighted by Gasteiger charge is -2.05. The number of amides is 1. The summed E-state index contributed by atoms with van der Waals surface area (Å²) in [6, 6.07) is 3.08. The number of benzene rings is 1. The average Bonchev–Trinajstić information content (AvgIpc) is 2.20. The van der Waals surface area contributed by atoms with E-state index in [1.54, 1.807) is 0 Å². The molecule has 0 unspecified atom stereocenters. The standard InChI is InChI=1S/C10H8FNO3/c1-2-9(13)12-8-4-3-6(11)5-7(8)10(14)15/h2-5H,1H2,(H,12,13)(H,14,15). The highest BCUT2D eigenvalue weighted by Gasteiger charge is 2.12. The first-order valence-corrected chi connectivity index (χ1v) is 4.01. The van der Waals surface area contributed by atoms with Gasteiger partial charge in [0.1, 0.15) is 5.82 Å². The molecule has 0 aliphatic carbocycles. The fourth-order valence-electron chi connectivity index (χ4n) is 0.986. The van der Waals surface area contributed by atoms with Gasteiger partial charge in [-0.05, 0) is 24.3 Å². The molecule has 15 heavy (non-hydrogen) atoms. The molecule has 1 amide bonds. The van der Waals surface area contributed by atoms with Crippen LogP contribution in [0.2, 0.25) is 0 Å². The van der Waals surface area contributed by atoms with Crippen LogP contribution in [0.4, 0.5) is 10.1 Å². The summed E-state index contributed by atoms with van der Waals surface area (Å²) in [4.78, 5) is 21.6. The van der Waals surface area contributed by atoms with Crippen LogP contribution in [0.5, 0.6) is 0 Å². The Morgan fingerprint density at radius 1 is 1.47 bits per heavy atom. The SMILES string of the molecule is C=CC(=O)Nc1ccc(F)cc1C(=O)O. The molecule has 0 heterocycles. The first-order chi connectivity index (χ1) is 7.04. The van der Waals surface area contributed by atoms with Crippen molar-refractivity contribution in [3.8, 4) is 0 Å². The first kappa shape index (κ1) is 10.9. The molecule has 1 rings (SSSR count). The minimum Gasteiger partial charge on any atom is -0.478 e. The Labute approximate surface area is 85.0 Å². The summed E-state index contributed by atoms with van der Waals surface area (Å²) in [7, 11) is 0. The predicted octanol–water partition coefficient (Wildman–Crippen LogP) is 1.65. The Balaban J connectivity index is 3.11. The van der Waals surface area contributed by atoms with E-state index in [0.717, 1.165) is 18.2 Å². The highest BCUT2D eigenvalue weighted by Crippen LogP contribution is 2.16. The monoisotopic (exact) mass is 209 g/mol. The minimum atomic E-state index is -1.31. The summed E-state index contributed by atoms with van der Waals surface area (Å²) in [6.07, 6.45) is 0.995. The van der Waals surface area contributed by atoms with Crippen LogP contribution < -0.4 is 5.32 Å². The molecule has 0 atom stereocenters. The lowest BCUT2D eigenvalue weighted by molar-refractivity contribution is -0.111. The number of halogens is 1. The lowest BCUT2D eigenvalue weighted by Crippen LogP contribution is -2.11. The zero-order valence-corrected chi connectivity index (χ0v) is 7.66. The summed E-state index contributed by atoms with van der Waals surface area (Å²) in [6.45, 7) is 3.22. The van der Waals surface area contributed by atoms with Crippen molar-refractivity contribution in [3.63, 3.8) is 0 Å². The first-order valence-electron chi connectivity index (χ1n) is 4.01. The summed E-state index contributed by atoms with van der Waals surface area (Å²) < 4.78 is 12.7. The molecule has 0 radical (unpaired) electrons. The number of anilines is 1. The molecule has 0 aliphatic heterocycles. The van der Waals surface area contributed by atoms with Crippen LogP contribution in [0.15, 0.2) is 30.9 Å². The maximum absolute atomic E-state index is 12.7. The van der Waals surface area contributed by atoms with Gasteiger partial charge in [0, 0.05) is 0 Å². The van der Waals surface area contributed by atoms with Gasteiger partial charge in [-0.3, -0.25) is 4.79 Å². The molecule has 0 aromatic heterocycles. The lowest BCUT2D eigenvalue weighted by atomic mass is 10.1. The van der Waals surface area contributed by atoms with Crippen molar-refractivity contribution in [1.82, 2.24) is 0 Å². The van der Waals surface area contributed by atoms with Gasteiger partial charge in [0.05, 0.1) is 11.3 Å². The van der Waals surface area contributed by atoms with Gasteiger partial charge in [-0.25, -0.2) is 9.18 Å². The molecule has 0 bridgehead atoms. The van der Waals surface area contributed by atoms with E-state index in [9.17, 15) is 14.0 Å². The van der Waals surface area contributed by atoms with E-state index in [-0.39, 0.29) is 11.3 Å². The van der Waals surface area contributed by atoms with Gasteiger partial charge in [-0.15, -0.1) is 0 Å². The van der Waals surface area contributed by atoms with Crippen LogP contribution in [0.3, 0.4) is 0 Å². The molecule has 4 nitrogen and oxygen atoms in total. The average molecular weight is 209 g/mol. The smallest absolute Gasteiger partial charge is 0.337 e. The number of carboxylic acids is 1. The van der Waals surface area contributed by atoms with Crippen molar-refractivity contribution < 1.29 is 19.1 Å². The van der Waals surface area contributed by atoms with Crippen molar-refractivity contribution >= 4 is 17.6 Å². The molecule has 1 aromatic carbocycles. The molecule has 0 saturated heterocycles. The summed E-state index contributed by atoms with van der Waals surface area (Å²) in [5, 5.41) is 11.0. The molecular weight excluding hydrogens is 201 g/mol. The second kappa shape index (κ2) is 4.36. The summed E-state index contributed by atoms with van der Waals surface area (Å²) in [5.41, 5.74) is -0.265. The molecular formula is C10H8FNO3. The van der Waals surface area contributed by atoms with Crippen molar-refractivity contribution in [3.05, 3.63) is 42.2 Å². The van der Waals surface area contributed by atoms with Crippen LogP contribution in [0, 0.1) is 5.82 Å². The third kappa shape index (κ3) is 2.63. The second-order valence-corrected chi connectivity index (χ2v) is 2.69. The van der Waals surface area contributed by atoms with Crippen molar-refractivity contribution in [2.24, 2.45) is 0 Å². The van der Waals surface area contributed by atoms with Crippen LogP contribution in [0.25, 0.3) is 0 Å². The van der Waals surface area contributed by atoms with E-state index in [0.29, 0.717) is 0 Å². The second-order valence-electron chi connectivity index (χ2n) is 2.69. The van der Waals surface area contributed by atoms with Gasteiger partial charge in [0.2, 0.25) is 5.91 Å². The Hall–Kier alpha value is -2.17. The number of carbonyl (C=O) groups is 2. The number of carbonyl (C=O) groups excluding carboxylic acids is 1. The van der Waals surface area contributed by atoms with E-state index >= 15 is 0 Å². The van der Waals surface area contributed by atoms with Crippen LogP contribution in [-0.4, -0.2) is 17.0 Å². The van der Waals surface area contributed by atoms with Gasteiger partial charge in [0.15, 0.2) is 0 Å². The number of nitrogens with one attached hydrogen (secondary N) is 1. The van der Waals surface area contributed by atoms with Gasteiger partial charge >= 0.3 is 5.97 Å². The normalized spacial score (nSPS) is 9.40. The predicted molar refractivity (Wildman–Crippen MR) is 52.2 cm³/mol. The number of rotatable bonds is 3. The van der Waals surface area contributed by atoms with Crippen molar-refractivity contribution in [1.29, 1.82) is 0 Å². The Morgan fingerprint density at radius 2 is 2.13 bits per heavy atom.